The van der Waals surface area contributed by atoms with Crippen LogP contribution < -0.4 is 5.32 Å². The molecule has 0 aliphatic carbocycles. The van der Waals surface area contributed by atoms with Crippen molar-refractivity contribution in [1.82, 2.24) is 15.1 Å². The van der Waals surface area contributed by atoms with Gasteiger partial charge in [-0.1, -0.05) is 18.2 Å². The number of thiophene rings is 1. The van der Waals surface area contributed by atoms with Gasteiger partial charge in [0.15, 0.2) is 9.84 Å². The number of hydrogen-bond donors (Lipinski definition) is 1. The van der Waals surface area contributed by atoms with Gasteiger partial charge < -0.3 is 5.32 Å². The van der Waals surface area contributed by atoms with Crippen LogP contribution in [0.1, 0.15) is 22.9 Å². The van der Waals surface area contributed by atoms with E-state index < -0.39 is 9.84 Å². The number of nitrogens with one attached hydrogen (secondary N) is 1. The first kappa shape index (κ1) is 19.3. The molecular weight excluding hydrogens is 382 g/mol. The fourth-order valence-electron chi connectivity index (χ4n) is 2.73. The van der Waals surface area contributed by atoms with Crippen molar-refractivity contribution in [2.75, 3.05) is 12.8 Å². The first-order valence-electron chi connectivity index (χ1n) is 8.52. The molecule has 2 aromatic heterocycles. The van der Waals surface area contributed by atoms with Crippen LogP contribution in [0.15, 0.2) is 65.1 Å². The maximum Gasteiger partial charge on any atom is 0.220 e. The van der Waals surface area contributed by atoms with Crippen molar-refractivity contribution in [1.29, 1.82) is 0 Å². The minimum atomic E-state index is -3.20. The summed E-state index contributed by atoms with van der Waals surface area (Å²) in [6.45, 7) is 0.466. The van der Waals surface area contributed by atoms with E-state index in [1.807, 2.05) is 34.5 Å². The van der Waals surface area contributed by atoms with Gasteiger partial charge in [0.25, 0.3) is 0 Å². The molecule has 0 saturated heterocycles. The Morgan fingerprint density at radius 1 is 1.22 bits per heavy atom. The second-order valence-electron chi connectivity index (χ2n) is 6.24. The Bertz CT molecular complexity index is 930. The summed E-state index contributed by atoms with van der Waals surface area (Å²) in [6.07, 6.45) is 5.69. The minimum absolute atomic E-state index is 0.0296. The number of nitrogens with zero attached hydrogens (tertiary/aromatic N) is 2. The maximum absolute atomic E-state index is 12.3. The molecule has 0 unspecified atom stereocenters. The molecule has 1 atom stereocenters. The summed E-state index contributed by atoms with van der Waals surface area (Å²) >= 11 is 1.63. The quantitative estimate of drug-likeness (QED) is 0.627. The Morgan fingerprint density at radius 3 is 2.59 bits per heavy atom. The number of sulfone groups is 1. The van der Waals surface area contributed by atoms with Crippen molar-refractivity contribution < 1.29 is 13.2 Å². The predicted molar refractivity (Wildman–Crippen MR) is 106 cm³/mol. The van der Waals surface area contributed by atoms with Gasteiger partial charge in [-0.15, -0.1) is 11.3 Å². The highest BCUT2D eigenvalue weighted by Crippen LogP contribution is 2.22. The van der Waals surface area contributed by atoms with E-state index in [0.717, 1.165) is 10.4 Å². The SMILES string of the molecule is CS(=O)(=O)c1ccc(CCC(=O)NC[C@@H](c2cccs2)n2cccn2)cc1. The zero-order valence-electron chi connectivity index (χ0n) is 14.9. The summed E-state index contributed by atoms with van der Waals surface area (Å²) in [4.78, 5) is 13.7. The third kappa shape index (κ3) is 5.27. The van der Waals surface area contributed by atoms with Crippen molar-refractivity contribution in [3.05, 3.63) is 70.7 Å². The number of aryl methyl sites for hydroxylation is 1. The average molecular weight is 404 g/mol. The molecule has 6 nitrogen and oxygen atoms in total. The number of aromatic nitrogens is 2. The van der Waals surface area contributed by atoms with Crippen molar-refractivity contribution >= 4 is 27.1 Å². The van der Waals surface area contributed by atoms with Crippen LogP contribution in [0.5, 0.6) is 0 Å². The van der Waals surface area contributed by atoms with E-state index in [4.69, 9.17) is 0 Å². The van der Waals surface area contributed by atoms with E-state index in [9.17, 15) is 13.2 Å². The van der Waals surface area contributed by atoms with Gasteiger partial charge >= 0.3 is 0 Å². The number of amides is 1. The third-order valence-corrected chi connectivity index (χ3v) is 6.30. The lowest BCUT2D eigenvalue weighted by Gasteiger charge is -2.17. The summed E-state index contributed by atoms with van der Waals surface area (Å²) in [5, 5.41) is 9.28. The lowest BCUT2D eigenvalue weighted by atomic mass is 10.1. The molecule has 0 bridgehead atoms. The lowest BCUT2D eigenvalue weighted by molar-refractivity contribution is -0.121. The van der Waals surface area contributed by atoms with Gasteiger partial charge in [-0.2, -0.15) is 5.10 Å². The maximum atomic E-state index is 12.3. The molecule has 0 radical (unpaired) electrons. The van der Waals surface area contributed by atoms with Crippen LogP contribution in [-0.4, -0.2) is 36.9 Å². The molecule has 0 aliphatic heterocycles. The average Bonchev–Trinajstić information content (AvgIpc) is 3.34. The van der Waals surface area contributed by atoms with E-state index in [2.05, 4.69) is 10.4 Å². The van der Waals surface area contributed by atoms with Crippen LogP contribution in [0.4, 0.5) is 0 Å². The van der Waals surface area contributed by atoms with Crippen LogP contribution in [0.3, 0.4) is 0 Å². The second-order valence-corrected chi connectivity index (χ2v) is 9.23. The van der Waals surface area contributed by atoms with Crippen molar-refractivity contribution in [3.63, 3.8) is 0 Å². The summed E-state index contributed by atoms with van der Waals surface area (Å²) in [5.74, 6) is -0.0455. The first-order valence-corrected chi connectivity index (χ1v) is 11.3. The van der Waals surface area contributed by atoms with E-state index >= 15 is 0 Å². The molecule has 1 N–H and O–H groups in total. The van der Waals surface area contributed by atoms with Gasteiger partial charge in [0, 0.05) is 36.5 Å². The zero-order chi connectivity index (χ0) is 19.3. The number of rotatable bonds is 8. The molecule has 27 heavy (non-hydrogen) atoms. The van der Waals surface area contributed by atoms with Gasteiger partial charge in [0.05, 0.1) is 4.90 Å². The Kier molecular flexibility index (Phi) is 6.08. The van der Waals surface area contributed by atoms with Gasteiger partial charge in [-0.3, -0.25) is 9.48 Å². The van der Waals surface area contributed by atoms with Crippen molar-refractivity contribution in [3.8, 4) is 0 Å². The number of hydrogen-bond acceptors (Lipinski definition) is 5. The van der Waals surface area contributed by atoms with Gasteiger partial charge in [-0.05, 0) is 41.6 Å². The minimum Gasteiger partial charge on any atom is -0.354 e. The standard InChI is InChI=1S/C19H21N3O3S2/c1-27(24,25)16-8-5-15(6-9-16)7-10-19(23)20-14-17(18-4-2-13-26-18)22-12-3-11-21-22/h2-6,8-9,11-13,17H,7,10,14H2,1H3,(H,20,23)/t17-/m0/s1. The molecular formula is C19H21N3O3S2. The highest BCUT2D eigenvalue weighted by atomic mass is 32.2. The van der Waals surface area contributed by atoms with Gasteiger partial charge in [0.1, 0.15) is 6.04 Å². The van der Waals surface area contributed by atoms with Crippen LogP contribution in [0, 0.1) is 0 Å². The second kappa shape index (κ2) is 8.49. The summed E-state index contributed by atoms with van der Waals surface area (Å²) in [6, 6.07) is 12.5. The Labute approximate surface area is 162 Å². The monoisotopic (exact) mass is 403 g/mol. The normalized spacial score (nSPS) is 12.6. The molecule has 1 aromatic carbocycles. The summed E-state index contributed by atoms with van der Waals surface area (Å²) in [7, 11) is -3.20. The fourth-order valence-corrected chi connectivity index (χ4v) is 4.18. The van der Waals surface area contributed by atoms with Crippen LogP contribution in [-0.2, 0) is 21.1 Å². The molecule has 3 rings (SSSR count). The van der Waals surface area contributed by atoms with Gasteiger partial charge in [-0.25, -0.2) is 8.42 Å². The smallest absolute Gasteiger partial charge is 0.220 e. The van der Waals surface area contributed by atoms with Crippen LogP contribution >= 0.6 is 11.3 Å². The first-order chi connectivity index (χ1) is 12.9. The number of carbonyl (C=O) groups excluding carboxylic acids is 1. The predicted octanol–water partition coefficient (Wildman–Crippen LogP) is 2.69. The largest absolute Gasteiger partial charge is 0.354 e. The zero-order valence-corrected chi connectivity index (χ0v) is 16.5. The molecule has 3 aromatic rings. The summed E-state index contributed by atoms with van der Waals surface area (Å²) < 4.78 is 24.8. The van der Waals surface area contributed by atoms with Crippen LogP contribution in [0.25, 0.3) is 0 Å². The number of carbonyl (C=O) groups is 1. The van der Waals surface area contributed by atoms with Gasteiger partial charge in [0.2, 0.25) is 5.91 Å². The lowest BCUT2D eigenvalue weighted by Crippen LogP contribution is -2.31. The molecule has 1 amide bonds. The Hall–Kier alpha value is -2.45. The highest BCUT2D eigenvalue weighted by molar-refractivity contribution is 7.90. The highest BCUT2D eigenvalue weighted by Gasteiger charge is 2.16. The van der Waals surface area contributed by atoms with Crippen molar-refractivity contribution in [2.24, 2.45) is 0 Å². The molecule has 0 spiro atoms. The third-order valence-electron chi connectivity index (χ3n) is 4.20. The topological polar surface area (TPSA) is 81.1 Å². The fraction of sp³-hybridized carbons (Fsp3) is 0.263. The van der Waals surface area contributed by atoms with Crippen molar-refractivity contribution in [2.45, 2.75) is 23.8 Å². The van der Waals surface area contributed by atoms with E-state index in [-0.39, 0.29) is 16.8 Å². The van der Waals surface area contributed by atoms with E-state index in [1.54, 1.807) is 41.8 Å². The van der Waals surface area contributed by atoms with Crippen LogP contribution in [0.2, 0.25) is 0 Å². The molecule has 2 heterocycles. The molecule has 8 heteroatoms. The Balaban J connectivity index is 1.54. The molecule has 0 aliphatic rings. The Morgan fingerprint density at radius 2 is 2.00 bits per heavy atom. The summed E-state index contributed by atoms with van der Waals surface area (Å²) in [5.41, 5.74) is 0.930. The number of benzene rings is 1. The molecule has 0 fully saturated rings. The van der Waals surface area contributed by atoms with E-state index in [1.165, 1.54) is 6.26 Å². The molecule has 0 saturated carbocycles. The van der Waals surface area contributed by atoms with E-state index in [0.29, 0.717) is 19.4 Å². The molecule has 142 valence electrons.